The van der Waals surface area contributed by atoms with Gasteiger partial charge >= 0.3 is 0 Å². The molecular weight excluding hydrogens is 252 g/mol. The summed E-state index contributed by atoms with van der Waals surface area (Å²) in [6.45, 7) is 1.79. The molecule has 0 radical (unpaired) electrons. The van der Waals surface area contributed by atoms with Crippen molar-refractivity contribution in [1.82, 2.24) is 9.66 Å². The van der Waals surface area contributed by atoms with E-state index in [0.717, 1.165) is 0 Å². The Balaban J connectivity index is 2.96. The average Bonchev–Trinajstić information content (AvgIpc) is 2.27. The van der Waals surface area contributed by atoms with Crippen LogP contribution >= 0.6 is 11.6 Å². The van der Waals surface area contributed by atoms with Gasteiger partial charge in [0.15, 0.2) is 0 Å². The van der Waals surface area contributed by atoms with Gasteiger partial charge in [0, 0.05) is 14.1 Å². The zero-order valence-electron chi connectivity index (χ0n) is 10.5. The first-order valence-electron chi connectivity index (χ1n) is 5.58. The van der Waals surface area contributed by atoms with Crippen molar-refractivity contribution in [1.29, 1.82) is 0 Å². The Kier molecular flexibility index (Phi) is 3.28. The Hall–Kier alpha value is -1.59. The molecule has 96 valence electrons. The predicted molar refractivity (Wildman–Crippen MR) is 73.7 cm³/mol. The Morgan fingerprint density at radius 3 is 2.67 bits per heavy atom. The minimum atomic E-state index is -0.344. The van der Waals surface area contributed by atoms with E-state index in [-0.39, 0.29) is 11.6 Å². The molecule has 0 aliphatic rings. The molecule has 1 atom stereocenters. The van der Waals surface area contributed by atoms with Crippen LogP contribution in [0.15, 0.2) is 23.0 Å². The first-order chi connectivity index (χ1) is 8.43. The average molecular weight is 267 g/mol. The molecule has 0 amide bonds. The van der Waals surface area contributed by atoms with Gasteiger partial charge in [-0.1, -0.05) is 17.7 Å². The second-order valence-electron chi connectivity index (χ2n) is 4.36. The van der Waals surface area contributed by atoms with Gasteiger partial charge in [-0.15, -0.1) is 0 Å². The molecule has 6 heteroatoms. The Morgan fingerprint density at radius 2 is 2.11 bits per heavy atom. The van der Waals surface area contributed by atoms with Crippen molar-refractivity contribution in [2.45, 2.75) is 13.0 Å². The fourth-order valence-corrected chi connectivity index (χ4v) is 2.13. The van der Waals surface area contributed by atoms with Crippen molar-refractivity contribution < 1.29 is 0 Å². The number of hydrogen-bond donors (Lipinski definition) is 1. The molecule has 2 N–H and O–H groups in total. The lowest BCUT2D eigenvalue weighted by Crippen LogP contribution is -2.40. The maximum absolute atomic E-state index is 12.5. The van der Waals surface area contributed by atoms with E-state index < -0.39 is 0 Å². The van der Waals surface area contributed by atoms with Crippen molar-refractivity contribution in [3.63, 3.8) is 0 Å². The zero-order chi connectivity index (χ0) is 13.4. The molecule has 0 bridgehead atoms. The third-order valence-electron chi connectivity index (χ3n) is 2.66. The third kappa shape index (κ3) is 1.95. The van der Waals surface area contributed by atoms with Crippen molar-refractivity contribution >= 4 is 22.5 Å². The molecule has 18 heavy (non-hydrogen) atoms. The number of benzene rings is 1. The number of aromatic nitrogens is 2. The van der Waals surface area contributed by atoms with Crippen LogP contribution in [0.4, 0.5) is 0 Å². The van der Waals surface area contributed by atoms with Crippen molar-refractivity contribution in [2.24, 2.45) is 5.73 Å². The van der Waals surface area contributed by atoms with Crippen LogP contribution in [0, 0.1) is 0 Å². The van der Waals surface area contributed by atoms with Gasteiger partial charge in [-0.25, -0.2) is 9.66 Å². The minimum absolute atomic E-state index is 0.206. The lowest BCUT2D eigenvalue weighted by molar-refractivity contribution is 0.593. The van der Waals surface area contributed by atoms with Crippen LogP contribution in [-0.4, -0.2) is 23.8 Å². The van der Waals surface area contributed by atoms with Gasteiger partial charge in [0.1, 0.15) is 5.82 Å². The summed E-state index contributed by atoms with van der Waals surface area (Å²) in [7, 11) is 3.52. The van der Waals surface area contributed by atoms with Crippen LogP contribution < -0.4 is 16.3 Å². The van der Waals surface area contributed by atoms with Crippen LogP contribution in [0.5, 0.6) is 0 Å². The number of nitrogens with zero attached hydrogens (tertiary/aromatic N) is 3. The largest absolute Gasteiger partial charge is 0.322 e. The third-order valence-corrected chi connectivity index (χ3v) is 2.97. The molecule has 1 aromatic carbocycles. The molecular formula is C12H15ClN4O. The molecule has 0 spiro atoms. The second kappa shape index (κ2) is 4.59. The summed E-state index contributed by atoms with van der Waals surface area (Å²) in [6.07, 6.45) is 0. The lowest BCUT2D eigenvalue weighted by atomic mass is 10.2. The quantitative estimate of drug-likeness (QED) is 0.889. The molecule has 0 aliphatic carbocycles. The highest BCUT2D eigenvalue weighted by molar-refractivity contribution is 6.35. The first-order valence-corrected chi connectivity index (χ1v) is 5.95. The van der Waals surface area contributed by atoms with Gasteiger partial charge in [-0.05, 0) is 19.1 Å². The van der Waals surface area contributed by atoms with Gasteiger partial charge in [0.2, 0.25) is 0 Å². The highest BCUT2D eigenvalue weighted by atomic mass is 35.5. The minimum Gasteiger partial charge on any atom is -0.322 e. The molecule has 0 unspecified atom stereocenters. The molecule has 0 aliphatic heterocycles. The lowest BCUT2D eigenvalue weighted by Gasteiger charge is -2.22. The summed E-state index contributed by atoms with van der Waals surface area (Å²) in [4.78, 5) is 16.9. The van der Waals surface area contributed by atoms with Crippen molar-refractivity contribution in [2.75, 3.05) is 19.1 Å². The van der Waals surface area contributed by atoms with Gasteiger partial charge in [-0.3, -0.25) is 4.79 Å². The molecule has 2 rings (SSSR count). The smallest absolute Gasteiger partial charge is 0.281 e. The summed E-state index contributed by atoms with van der Waals surface area (Å²) in [5.74, 6) is 0.514. The summed E-state index contributed by atoms with van der Waals surface area (Å²) in [5.41, 5.74) is 6.23. The van der Waals surface area contributed by atoms with E-state index in [9.17, 15) is 4.79 Å². The molecule has 1 aromatic heterocycles. The predicted octanol–water partition coefficient (Wildman–Crippen LogP) is 1.27. The van der Waals surface area contributed by atoms with E-state index in [0.29, 0.717) is 21.7 Å². The number of nitrogens with two attached hydrogens (primary N) is 1. The molecule has 2 aromatic rings. The van der Waals surface area contributed by atoms with E-state index in [4.69, 9.17) is 17.3 Å². The highest BCUT2D eigenvalue weighted by Crippen LogP contribution is 2.19. The summed E-state index contributed by atoms with van der Waals surface area (Å²) < 4.78 is 1.44. The number of rotatable bonds is 2. The van der Waals surface area contributed by atoms with E-state index in [2.05, 4.69) is 4.98 Å². The fourth-order valence-electron chi connectivity index (χ4n) is 1.88. The second-order valence-corrected chi connectivity index (χ2v) is 4.76. The molecule has 1 heterocycles. The maximum atomic E-state index is 12.5. The first kappa shape index (κ1) is 12.9. The zero-order valence-corrected chi connectivity index (χ0v) is 11.3. The monoisotopic (exact) mass is 266 g/mol. The summed E-state index contributed by atoms with van der Waals surface area (Å²) in [5, 5.41) is 2.46. The van der Waals surface area contributed by atoms with Crippen molar-refractivity contribution in [3.8, 4) is 0 Å². The molecule has 0 saturated carbocycles. The number of fused-ring (bicyclic) bond motifs is 1. The van der Waals surface area contributed by atoms with Crippen LogP contribution in [0.25, 0.3) is 10.9 Å². The normalized spacial score (nSPS) is 12.7. The fraction of sp³-hybridized carbons (Fsp3) is 0.333. The topological polar surface area (TPSA) is 64.1 Å². The Labute approximate surface area is 110 Å². The number of hydrogen-bond acceptors (Lipinski definition) is 4. The Bertz CT molecular complexity index is 648. The summed E-state index contributed by atoms with van der Waals surface area (Å²) >= 11 is 6.07. The van der Waals surface area contributed by atoms with Crippen LogP contribution in [0.1, 0.15) is 18.8 Å². The Morgan fingerprint density at radius 1 is 1.44 bits per heavy atom. The highest BCUT2D eigenvalue weighted by Gasteiger charge is 2.16. The van der Waals surface area contributed by atoms with Crippen LogP contribution in [-0.2, 0) is 0 Å². The molecule has 0 saturated heterocycles. The van der Waals surface area contributed by atoms with E-state index in [1.54, 1.807) is 44.2 Å². The SMILES string of the molecule is C[C@H](N)c1nc2cccc(Cl)c2c(=O)n1N(C)C. The van der Waals surface area contributed by atoms with Gasteiger partial charge in [-0.2, -0.15) is 0 Å². The molecule has 0 fully saturated rings. The van der Waals surface area contributed by atoms with Crippen molar-refractivity contribution in [3.05, 3.63) is 39.4 Å². The standard InChI is InChI=1S/C12H15ClN4O/c1-7(14)11-15-9-6-4-5-8(13)10(9)12(18)17(11)16(2)3/h4-7H,14H2,1-3H3/t7-/m0/s1. The van der Waals surface area contributed by atoms with E-state index >= 15 is 0 Å². The van der Waals surface area contributed by atoms with Crippen LogP contribution in [0.2, 0.25) is 5.02 Å². The van der Waals surface area contributed by atoms with Gasteiger partial charge in [0.05, 0.1) is 22.0 Å². The van der Waals surface area contributed by atoms with E-state index in [1.807, 2.05) is 0 Å². The maximum Gasteiger partial charge on any atom is 0.281 e. The number of halogens is 1. The van der Waals surface area contributed by atoms with Gasteiger partial charge < -0.3 is 10.7 Å². The van der Waals surface area contributed by atoms with Gasteiger partial charge in [0.25, 0.3) is 5.56 Å². The molecule has 5 nitrogen and oxygen atoms in total. The summed E-state index contributed by atoms with van der Waals surface area (Å²) in [6, 6.07) is 4.86. The van der Waals surface area contributed by atoms with E-state index in [1.165, 1.54) is 4.68 Å². The van der Waals surface area contributed by atoms with Crippen LogP contribution in [0.3, 0.4) is 0 Å².